The van der Waals surface area contributed by atoms with E-state index in [1.807, 2.05) is 19.1 Å². The monoisotopic (exact) mass is 282 g/mol. The van der Waals surface area contributed by atoms with E-state index in [2.05, 4.69) is 46.2 Å². The zero-order chi connectivity index (χ0) is 14.4. The Balaban J connectivity index is 2.06. The molecule has 1 aromatic rings. The molecule has 0 saturated heterocycles. The minimum absolute atomic E-state index is 0.796. The third-order valence-corrected chi connectivity index (χ3v) is 3.73. The highest BCUT2D eigenvalue weighted by Gasteiger charge is 2.15. The van der Waals surface area contributed by atoms with Crippen LogP contribution in [0.2, 0.25) is 0 Å². The number of nitrogens with zero attached hydrogens (tertiary/aromatic N) is 2. The molecule has 0 fully saturated rings. The zero-order valence-corrected chi connectivity index (χ0v) is 12.5. The molecule has 102 valence electrons. The smallest absolute Gasteiger partial charge is 0.0822 e. The topological polar surface area (TPSA) is 25.8 Å². The van der Waals surface area contributed by atoms with Crippen molar-refractivity contribution in [1.82, 2.24) is 8.75 Å². The summed E-state index contributed by atoms with van der Waals surface area (Å²) in [6.45, 7) is 9.84. The Labute approximate surface area is 124 Å². The summed E-state index contributed by atoms with van der Waals surface area (Å²) in [6, 6.07) is 0. The third kappa shape index (κ3) is 3.31. The van der Waals surface area contributed by atoms with Crippen molar-refractivity contribution in [2.75, 3.05) is 0 Å². The first-order valence-electron chi connectivity index (χ1n) is 6.57. The number of hydrogen-bond acceptors (Lipinski definition) is 3. The minimum atomic E-state index is 0.796. The first kappa shape index (κ1) is 14.4. The van der Waals surface area contributed by atoms with Gasteiger partial charge in [-0.1, -0.05) is 55.7 Å². The number of hydrogen-bond donors (Lipinski definition) is 0. The van der Waals surface area contributed by atoms with E-state index >= 15 is 0 Å². The second-order valence-corrected chi connectivity index (χ2v) is 5.02. The fourth-order valence-electron chi connectivity index (χ4n) is 2.05. The van der Waals surface area contributed by atoms with Gasteiger partial charge in [-0.25, -0.2) is 0 Å². The lowest BCUT2D eigenvalue weighted by molar-refractivity contribution is 1.04. The molecule has 1 aromatic heterocycles. The molecular weight excluding hydrogens is 264 g/mol. The number of allylic oxidation sites excluding steroid dienone is 10. The predicted molar refractivity (Wildman–Crippen MR) is 86.8 cm³/mol. The predicted octanol–water partition coefficient (Wildman–Crippen LogP) is 4.36. The van der Waals surface area contributed by atoms with Crippen LogP contribution >= 0.6 is 11.7 Å². The summed E-state index contributed by atoms with van der Waals surface area (Å²) in [5.41, 5.74) is 5.58. The van der Waals surface area contributed by atoms with Crippen molar-refractivity contribution in [3.63, 3.8) is 0 Å². The molecule has 0 unspecified atom stereocenters. The van der Waals surface area contributed by atoms with Gasteiger partial charge in [0.05, 0.1) is 23.1 Å². The van der Waals surface area contributed by atoms with Gasteiger partial charge in [0.2, 0.25) is 0 Å². The van der Waals surface area contributed by atoms with E-state index in [1.165, 1.54) is 22.9 Å². The first-order chi connectivity index (χ1) is 9.76. The second-order valence-electron chi connectivity index (χ2n) is 4.49. The summed E-state index contributed by atoms with van der Waals surface area (Å²) in [5.74, 6) is 0. The molecule has 0 N–H and O–H groups in total. The molecule has 0 amide bonds. The zero-order valence-electron chi connectivity index (χ0n) is 11.7. The Morgan fingerprint density at radius 1 is 1.25 bits per heavy atom. The largest absolute Gasteiger partial charge is 0.177 e. The van der Waals surface area contributed by atoms with Crippen LogP contribution in [0.5, 0.6) is 0 Å². The SMILES string of the molecule is C=CC=CCc1nsnc1CC1=CC=C(C=CC)C1=C. The molecule has 0 bridgehead atoms. The summed E-state index contributed by atoms with van der Waals surface area (Å²) in [5, 5.41) is 0. The molecule has 0 saturated carbocycles. The molecule has 0 atom stereocenters. The summed E-state index contributed by atoms with van der Waals surface area (Å²) < 4.78 is 8.78. The Kier molecular flexibility index (Phi) is 5.02. The number of aromatic nitrogens is 2. The highest BCUT2D eigenvalue weighted by Crippen LogP contribution is 2.28. The molecule has 0 aliphatic heterocycles. The van der Waals surface area contributed by atoms with Gasteiger partial charge in [0.1, 0.15) is 0 Å². The maximum atomic E-state index is 4.41. The summed E-state index contributed by atoms with van der Waals surface area (Å²) in [7, 11) is 0. The van der Waals surface area contributed by atoms with Crippen molar-refractivity contribution in [3.05, 3.63) is 83.8 Å². The average molecular weight is 282 g/mol. The molecule has 1 aliphatic rings. The molecule has 2 nitrogen and oxygen atoms in total. The van der Waals surface area contributed by atoms with Gasteiger partial charge >= 0.3 is 0 Å². The van der Waals surface area contributed by atoms with E-state index in [4.69, 9.17) is 0 Å². The van der Waals surface area contributed by atoms with Crippen molar-refractivity contribution >= 4 is 11.7 Å². The van der Waals surface area contributed by atoms with Gasteiger partial charge in [-0.05, 0) is 23.6 Å². The van der Waals surface area contributed by atoms with Gasteiger partial charge < -0.3 is 0 Å². The van der Waals surface area contributed by atoms with E-state index in [-0.39, 0.29) is 0 Å². The van der Waals surface area contributed by atoms with E-state index < -0.39 is 0 Å². The lowest BCUT2D eigenvalue weighted by atomic mass is 10.00. The Morgan fingerprint density at radius 3 is 2.80 bits per heavy atom. The van der Waals surface area contributed by atoms with Crippen LogP contribution in [0.4, 0.5) is 0 Å². The summed E-state index contributed by atoms with van der Waals surface area (Å²) in [4.78, 5) is 0. The van der Waals surface area contributed by atoms with Crippen molar-refractivity contribution in [1.29, 1.82) is 0 Å². The summed E-state index contributed by atoms with van der Waals surface area (Å²) >= 11 is 1.27. The lowest BCUT2D eigenvalue weighted by Crippen LogP contribution is -1.97. The Hall–Kier alpha value is -2.00. The maximum absolute atomic E-state index is 4.41. The third-order valence-electron chi connectivity index (χ3n) is 3.12. The molecule has 2 rings (SSSR count). The quantitative estimate of drug-likeness (QED) is 0.724. The Morgan fingerprint density at radius 2 is 2.05 bits per heavy atom. The standard InChI is InChI=1S/C17H18N2S/c1-4-6-7-9-16-17(19-20-18-16)12-15-11-10-14(8-5-2)13(15)3/h4-8,10-11H,1,3,9,12H2,2H3. The van der Waals surface area contributed by atoms with E-state index in [0.717, 1.165) is 29.8 Å². The van der Waals surface area contributed by atoms with E-state index in [0.29, 0.717) is 0 Å². The highest BCUT2D eigenvalue weighted by atomic mass is 32.1. The van der Waals surface area contributed by atoms with Crippen molar-refractivity contribution in [2.45, 2.75) is 19.8 Å². The van der Waals surface area contributed by atoms with Crippen molar-refractivity contribution < 1.29 is 0 Å². The van der Waals surface area contributed by atoms with Crippen molar-refractivity contribution in [3.8, 4) is 0 Å². The maximum Gasteiger partial charge on any atom is 0.0822 e. The highest BCUT2D eigenvalue weighted by molar-refractivity contribution is 6.99. The van der Waals surface area contributed by atoms with Crippen LogP contribution < -0.4 is 0 Å². The van der Waals surface area contributed by atoms with Gasteiger partial charge in [-0.3, -0.25) is 0 Å². The van der Waals surface area contributed by atoms with Crippen LogP contribution in [-0.2, 0) is 12.8 Å². The van der Waals surface area contributed by atoms with Crippen LogP contribution in [0.15, 0.2) is 72.4 Å². The van der Waals surface area contributed by atoms with Crippen LogP contribution in [0, 0.1) is 0 Å². The van der Waals surface area contributed by atoms with Crippen LogP contribution in [0.3, 0.4) is 0 Å². The van der Waals surface area contributed by atoms with Gasteiger partial charge in [0.15, 0.2) is 0 Å². The fourth-order valence-corrected chi connectivity index (χ4v) is 2.64. The lowest BCUT2D eigenvalue weighted by Gasteiger charge is -2.05. The van der Waals surface area contributed by atoms with E-state index in [9.17, 15) is 0 Å². The molecule has 1 heterocycles. The van der Waals surface area contributed by atoms with Gasteiger partial charge in [-0.15, -0.1) is 0 Å². The molecule has 1 aliphatic carbocycles. The summed E-state index contributed by atoms with van der Waals surface area (Å²) in [6.07, 6.45) is 15.7. The molecule has 0 radical (unpaired) electrons. The van der Waals surface area contributed by atoms with Gasteiger partial charge in [-0.2, -0.15) is 8.75 Å². The molecule has 0 spiro atoms. The van der Waals surface area contributed by atoms with Gasteiger partial charge in [0, 0.05) is 12.8 Å². The van der Waals surface area contributed by atoms with Crippen LogP contribution in [0.25, 0.3) is 0 Å². The molecule has 3 heteroatoms. The molecule has 0 aromatic carbocycles. The van der Waals surface area contributed by atoms with Crippen LogP contribution in [0.1, 0.15) is 18.3 Å². The minimum Gasteiger partial charge on any atom is -0.177 e. The molecule has 20 heavy (non-hydrogen) atoms. The first-order valence-corrected chi connectivity index (χ1v) is 7.30. The van der Waals surface area contributed by atoms with Crippen molar-refractivity contribution in [2.24, 2.45) is 0 Å². The fraction of sp³-hybridized carbons (Fsp3) is 0.176. The normalized spacial score (nSPS) is 15.2. The van der Waals surface area contributed by atoms with Gasteiger partial charge in [0.25, 0.3) is 0 Å². The van der Waals surface area contributed by atoms with Crippen LogP contribution in [-0.4, -0.2) is 8.75 Å². The second kappa shape index (κ2) is 6.96. The number of rotatable bonds is 6. The van der Waals surface area contributed by atoms with E-state index in [1.54, 1.807) is 6.08 Å². The molecular formula is C17H18N2S. The Bertz CT molecular complexity index is 627. The average Bonchev–Trinajstić information content (AvgIpc) is 3.01.